The number of hydrogen-bond acceptors (Lipinski definition) is 2. The lowest BCUT2D eigenvalue weighted by molar-refractivity contribution is 0.0938. The normalized spacial score (nSPS) is 10.2. The van der Waals surface area contributed by atoms with Gasteiger partial charge in [0, 0.05) is 4.47 Å². The van der Waals surface area contributed by atoms with Gasteiger partial charge < -0.3 is 10.1 Å². The molecule has 0 aromatic heterocycles. The van der Waals surface area contributed by atoms with Crippen LogP contribution in [0.5, 0.6) is 5.75 Å². The zero-order chi connectivity index (χ0) is 15.2. The van der Waals surface area contributed by atoms with Gasteiger partial charge in [-0.25, -0.2) is 8.78 Å². The summed E-state index contributed by atoms with van der Waals surface area (Å²) in [6.45, 7) is 0.345. The molecule has 0 atom stereocenters. The molecule has 2 rings (SSSR count). The van der Waals surface area contributed by atoms with E-state index in [1.165, 1.54) is 0 Å². The SMILES string of the molecule is O=C(NCCOc1ccccc1)c1c(F)cc(Br)cc1F. The number of nitrogens with one attached hydrogen (secondary N) is 1. The van der Waals surface area contributed by atoms with Crippen molar-refractivity contribution in [3.63, 3.8) is 0 Å². The molecule has 21 heavy (non-hydrogen) atoms. The number of benzene rings is 2. The van der Waals surface area contributed by atoms with Crippen LogP contribution in [0.1, 0.15) is 10.4 Å². The lowest BCUT2D eigenvalue weighted by atomic mass is 10.2. The Kier molecular flexibility index (Phi) is 5.27. The average molecular weight is 356 g/mol. The number of amides is 1. The van der Waals surface area contributed by atoms with Crippen molar-refractivity contribution in [2.24, 2.45) is 0 Å². The number of carbonyl (C=O) groups excluding carboxylic acids is 1. The highest BCUT2D eigenvalue weighted by Gasteiger charge is 2.17. The van der Waals surface area contributed by atoms with Gasteiger partial charge in [-0.1, -0.05) is 34.1 Å². The minimum Gasteiger partial charge on any atom is -0.492 e. The molecule has 110 valence electrons. The lowest BCUT2D eigenvalue weighted by Crippen LogP contribution is -2.29. The molecule has 0 aliphatic rings. The topological polar surface area (TPSA) is 38.3 Å². The van der Waals surface area contributed by atoms with Crippen molar-refractivity contribution >= 4 is 21.8 Å². The quantitative estimate of drug-likeness (QED) is 0.833. The second-order valence-electron chi connectivity index (χ2n) is 4.16. The fourth-order valence-electron chi connectivity index (χ4n) is 1.70. The number of ether oxygens (including phenoxy) is 1. The summed E-state index contributed by atoms with van der Waals surface area (Å²) in [6, 6.07) is 11.1. The molecular weight excluding hydrogens is 344 g/mol. The van der Waals surface area contributed by atoms with Crippen LogP contribution >= 0.6 is 15.9 Å². The van der Waals surface area contributed by atoms with Crippen LogP contribution in [0.25, 0.3) is 0 Å². The third-order valence-electron chi connectivity index (χ3n) is 2.63. The second kappa shape index (κ2) is 7.17. The Balaban J connectivity index is 1.88. The predicted octanol–water partition coefficient (Wildman–Crippen LogP) is 3.54. The first-order chi connectivity index (χ1) is 10.1. The minimum atomic E-state index is -0.914. The van der Waals surface area contributed by atoms with E-state index in [4.69, 9.17) is 4.74 Å². The molecule has 1 N–H and O–H groups in total. The maximum absolute atomic E-state index is 13.6. The van der Waals surface area contributed by atoms with E-state index in [2.05, 4.69) is 21.2 Å². The average Bonchev–Trinajstić information content (AvgIpc) is 2.43. The molecule has 0 unspecified atom stereocenters. The fraction of sp³-hybridized carbons (Fsp3) is 0.133. The summed E-state index contributed by atoms with van der Waals surface area (Å²) in [5.41, 5.74) is -0.599. The molecule has 2 aromatic rings. The Morgan fingerprint density at radius 3 is 2.38 bits per heavy atom. The van der Waals surface area contributed by atoms with E-state index in [0.717, 1.165) is 12.1 Å². The van der Waals surface area contributed by atoms with Crippen LogP contribution in [0.2, 0.25) is 0 Å². The van der Waals surface area contributed by atoms with Gasteiger partial charge in [0.15, 0.2) is 0 Å². The van der Waals surface area contributed by atoms with Crippen LogP contribution in [0, 0.1) is 11.6 Å². The second-order valence-corrected chi connectivity index (χ2v) is 5.08. The molecule has 0 radical (unpaired) electrons. The molecule has 6 heteroatoms. The number of halogens is 3. The van der Waals surface area contributed by atoms with Crippen LogP contribution in [0.4, 0.5) is 8.78 Å². The number of hydrogen-bond donors (Lipinski definition) is 1. The summed E-state index contributed by atoms with van der Waals surface area (Å²) < 4.78 is 32.7. The van der Waals surface area contributed by atoms with Crippen LogP contribution in [-0.2, 0) is 0 Å². The van der Waals surface area contributed by atoms with E-state index >= 15 is 0 Å². The molecule has 2 aromatic carbocycles. The van der Waals surface area contributed by atoms with Gasteiger partial charge in [-0.05, 0) is 24.3 Å². The molecular formula is C15H12BrF2NO2. The van der Waals surface area contributed by atoms with Crippen molar-refractivity contribution < 1.29 is 18.3 Å². The van der Waals surface area contributed by atoms with Gasteiger partial charge in [0.2, 0.25) is 0 Å². The molecule has 0 aliphatic carbocycles. The molecule has 0 spiro atoms. The smallest absolute Gasteiger partial charge is 0.257 e. The zero-order valence-electron chi connectivity index (χ0n) is 10.9. The lowest BCUT2D eigenvalue weighted by Gasteiger charge is -2.09. The molecule has 0 saturated carbocycles. The highest BCUT2D eigenvalue weighted by Crippen LogP contribution is 2.19. The van der Waals surface area contributed by atoms with Crippen LogP contribution in [0.3, 0.4) is 0 Å². The molecule has 0 fully saturated rings. The summed E-state index contributed by atoms with van der Waals surface area (Å²) >= 11 is 2.95. The molecule has 3 nitrogen and oxygen atoms in total. The van der Waals surface area contributed by atoms with Crippen molar-refractivity contribution in [1.29, 1.82) is 0 Å². The fourth-order valence-corrected chi connectivity index (χ4v) is 2.10. The first-order valence-electron chi connectivity index (χ1n) is 6.18. The molecule has 0 aliphatic heterocycles. The molecule has 1 amide bonds. The van der Waals surface area contributed by atoms with Crippen molar-refractivity contribution in [3.05, 3.63) is 64.1 Å². The van der Waals surface area contributed by atoms with E-state index in [-0.39, 0.29) is 17.6 Å². The first kappa shape index (κ1) is 15.4. The molecule has 0 bridgehead atoms. The highest BCUT2D eigenvalue weighted by atomic mass is 79.9. The van der Waals surface area contributed by atoms with E-state index in [9.17, 15) is 13.6 Å². The van der Waals surface area contributed by atoms with E-state index in [1.54, 1.807) is 12.1 Å². The van der Waals surface area contributed by atoms with Crippen LogP contribution in [-0.4, -0.2) is 19.1 Å². The Labute approximate surface area is 129 Å². The number of carbonyl (C=O) groups is 1. The molecule has 0 heterocycles. The van der Waals surface area contributed by atoms with Crippen LogP contribution < -0.4 is 10.1 Å². The Morgan fingerprint density at radius 2 is 1.76 bits per heavy atom. The van der Waals surface area contributed by atoms with Crippen molar-refractivity contribution in [2.45, 2.75) is 0 Å². The van der Waals surface area contributed by atoms with E-state index in [0.29, 0.717) is 5.75 Å². The van der Waals surface area contributed by atoms with Crippen molar-refractivity contribution in [2.75, 3.05) is 13.2 Å². The third-order valence-corrected chi connectivity index (χ3v) is 3.09. The first-order valence-corrected chi connectivity index (χ1v) is 6.98. The van der Waals surface area contributed by atoms with Gasteiger partial charge in [-0.2, -0.15) is 0 Å². The Morgan fingerprint density at radius 1 is 1.14 bits per heavy atom. The number of rotatable bonds is 5. The van der Waals surface area contributed by atoms with E-state index < -0.39 is 23.1 Å². The highest BCUT2D eigenvalue weighted by molar-refractivity contribution is 9.10. The van der Waals surface area contributed by atoms with Gasteiger partial charge in [0.05, 0.1) is 6.54 Å². The van der Waals surface area contributed by atoms with Gasteiger partial charge in [-0.3, -0.25) is 4.79 Å². The maximum Gasteiger partial charge on any atom is 0.257 e. The van der Waals surface area contributed by atoms with E-state index in [1.807, 2.05) is 18.2 Å². The third kappa shape index (κ3) is 4.26. The van der Waals surface area contributed by atoms with Crippen molar-refractivity contribution in [3.8, 4) is 5.75 Å². The number of para-hydroxylation sites is 1. The zero-order valence-corrected chi connectivity index (χ0v) is 12.5. The minimum absolute atomic E-state index is 0.142. The summed E-state index contributed by atoms with van der Waals surface area (Å²) in [6.07, 6.45) is 0. The van der Waals surface area contributed by atoms with Gasteiger partial charge in [-0.15, -0.1) is 0 Å². The monoisotopic (exact) mass is 355 g/mol. The predicted molar refractivity (Wildman–Crippen MR) is 78.3 cm³/mol. The Hall–Kier alpha value is -1.95. The summed E-state index contributed by atoms with van der Waals surface area (Å²) in [5.74, 6) is -1.98. The van der Waals surface area contributed by atoms with Crippen LogP contribution in [0.15, 0.2) is 46.9 Å². The standard InChI is InChI=1S/C15H12BrF2NO2/c16-10-8-12(17)14(13(18)9-10)15(20)19-6-7-21-11-4-2-1-3-5-11/h1-5,8-9H,6-7H2,(H,19,20). The van der Waals surface area contributed by atoms with Gasteiger partial charge in [0.25, 0.3) is 5.91 Å². The summed E-state index contributed by atoms with van der Waals surface area (Å²) in [7, 11) is 0. The van der Waals surface area contributed by atoms with Crippen molar-refractivity contribution in [1.82, 2.24) is 5.32 Å². The molecule has 0 saturated heterocycles. The largest absolute Gasteiger partial charge is 0.492 e. The summed E-state index contributed by atoms with van der Waals surface area (Å²) in [5, 5.41) is 2.41. The van der Waals surface area contributed by atoms with Gasteiger partial charge in [0.1, 0.15) is 29.6 Å². The van der Waals surface area contributed by atoms with Gasteiger partial charge >= 0.3 is 0 Å². The summed E-state index contributed by atoms with van der Waals surface area (Å²) in [4.78, 5) is 11.7. The Bertz CT molecular complexity index is 612. The maximum atomic E-state index is 13.6.